The van der Waals surface area contributed by atoms with Gasteiger partial charge in [-0.3, -0.25) is 24.0 Å². The van der Waals surface area contributed by atoms with Gasteiger partial charge < -0.3 is 52.8 Å². The van der Waals surface area contributed by atoms with Crippen molar-refractivity contribution in [3.05, 3.63) is 107 Å². The summed E-state index contributed by atoms with van der Waals surface area (Å²) in [4.78, 5) is 69.7. The van der Waals surface area contributed by atoms with Crippen LogP contribution in [0.1, 0.15) is 72.8 Å². The SMILES string of the molecule is CC(C)Cc1ccc(-c2ccc(C(=O)NCC(=O)N(C)C3C(=O)N[C@@H](C)C(=O)NC(C(=O)NCC#N)Cc4ccc(OCCN)c(c4)-c4cc3ccc4OCCN)c(C(F)F)c2)cc1.CCN. The van der Waals surface area contributed by atoms with Crippen LogP contribution in [-0.4, -0.2) is 99.5 Å². The second-order valence-electron chi connectivity index (χ2n) is 16.1. The van der Waals surface area contributed by atoms with Crippen LogP contribution in [0, 0.1) is 17.2 Å². The first-order valence-corrected chi connectivity index (χ1v) is 22.0. The lowest BCUT2D eigenvalue weighted by molar-refractivity contribution is -0.139. The molecule has 0 aromatic heterocycles. The molecule has 1 heterocycles. The molecule has 0 fully saturated rings. The third kappa shape index (κ3) is 14.5. The van der Waals surface area contributed by atoms with Crippen molar-refractivity contribution in [3.63, 3.8) is 0 Å². The number of amides is 5. The minimum Gasteiger partial charge on any atom is -0.492 e. The van der Waals surface area contributed by atoms with Crippen LogP contribution in [-0.2, 0) is 32.0 Å². The molecule has 18 heteroatoms. The topological polar surface area (TPSA) is 257 Å². The highest BCUT2D eigenvalue weighted by molar-refractivity contribution is 5.99. The van der Waals surface area contributed by atoms with Gasteiger partial charge in [-0.05, 0) is 90.0 Å². The maximum atomic E-state index is 14.5. The quantitative estimate of drug-likeness (QED) is 0.0793. The second-order valence-corrected chi connectivity index (χ2v) is 16.1. The van der Waals surface area contributed by atoms with Crippen molar-refractivity contribution in [2.24, 2.45) is 23.1 Å². The predicted octanol–water partition coefficient (Wildman–Crippen LogP) is 3.91. The fraction of sp³-hybridized carbons (Fsp3) is 0.388. The highest BCUT2D eigenvalue weighted by Crippen LogP contribution is 2.40. The summed E-state index contributed by atoms with van der Waals surface area (Å²) in [7, 11) is 1.32. The zero-order valence-electron chi connectivity index (χ0n) is 38.5. The van der Waals surface area contributed by atoms with Crippen LogP contribution in [0.5, 0.6) is 11.5 Å². The maximum Gasteiger partial charge on any atom is 0.264 e. The van der Waals surface area contributed by atoms with Crippen LogP contribution in [0.15, 0.2) is 78.9 Å². The van der Waals surface area contributed by atoms with Crippen LogP contribution in [0.4, 0.5) is 8.78 Å². The van der Waals surface area contributed by atoms with Crippen molar-refractivity contribution in [2.75, 3.05) is 53.0 Å². The fourth-order valence-electron chi connectivity index (χ4n) is 7.29. The Balaban J connectivity index is 0.00000318. The van der Waals surface area contributed by atoms with E-state index in [1.807, 2.05) is 37.3 Å². The number of nitrogens with one attached hydrogen (secondary N) is 4. The molecule has 2 unspecified atom stereocenters. The third-order valence-electron chi connectivity index (χ3n) is 10.5. The molecular formula is C49H61F2N9O7. The second kappa shape index (κ2) is 25.7. The van der Waals surface area contributed by atoms with E-state index in [0.717, 1.165) is 23.4 Å². The van der Waals surface area contributed by atoms with Gasteiger partial charge in [-0.15, -0.1) is 0 Å². The molecule has 4 bridgehead atoms. The number of benzene rings is 4. The van der Waals surface area contributed by atoms with Crippen molar-refractivity contribution in [2.45, 2.75) is 65.1 Å². The van der Waals surface area contributed by atoms with E-state index in [2.05, 4.69) is 35.1 Å². The first-order valence-electron chi connectivity index (χ1n) is 22.0. The summed E-state index contributed by atoms with van der Waals surface area (Å²) in [6, 6.07) is 19.5. The predicted molar refractivity (Wildman–Crippen MR) is 251 cm³/mol. The van der Waals surface area contributed by atoms with E-state index in [1.165, 1.54) is 26.1 Å². The number of nitriles is 1. The van der Waals surface area contributed by atoms with Gasteiger partial charge in [0.05, 0.1) is 12.6 Å². The Labute approximate surface area is 389 Å². The number of halogens is 2. The monoisotopic (exact) mass is 925 g/mol. The molecule has 5 rings (SSSR count). The average molecular weight is 926 g/mol. The van der Waals surface area contributed by atoms with Gasteiger partial charge in [0, 0.05) is 48.8 Å². The highest BCUT2D eigenvalue weighted by atomic mass is 19.3. The lowest BCUT2D eigenvalue weighted by Crippen LogP contribution is -2.55. The molecule has 0 spiro atoms. The lowest BCUT2D eigenvalue weighted by Gasteiger charge is -2.30. The normalized spacial score (nSPS) is 15.7. The number of nitrogens with two attached hydrogens (primary N) is 3. The summed E-state index contributed by atoms with van der Waals surface area (Å²) < 4.78 is 41.0. The Hall–Kier alpha value is -6.94. The van der Waals surface area contributed by atoms with E-state index in [9.17, 15) is 32.8 Å². The molecule has 0 aliphatic carbocycles. The standard InChI is InChI=1S/C47H54F2N8O7.C2H7N/c1-27(2)21-29-5-8-31(9-6-29)32-10-12-34(37(24-32)43(48)49)45(60)54-26-41(58)57(4)42-33-11-14-40(64-20-17-52)36(25-33)35-22-30(7-13-39(35)63-19-16-51)23-38(46(61)53-18-15-50)56-44(59)28(3)55-47(42)62;1-2-3/h5-14,22,24-25,27-28,38,42-43H,16-21,23,26,51-52H2,1-4H3,(H,53,61)(H,54,60)(H,55,62)(H,56,59);2-3H2,1H3/t28-,38?,42?;/m0./s1. The van der Waals surface area contributed by atoms with E-state index in [-0.39, 0.29) is 50.4 Å². The van der Waals surface area contributed by atoms with Crippen LogP contribution in [0.2, 0.25) is 0 Å². The number of fused-ring (bicyclic) bond motifs is 5. The van der Waals surface area contributed by atoms with Crippen molar-refractivity contribution in [1.82, 2.24) is 26.2 Å². The van der Waals surface area contributed by atoms with Crippen molar-refractivity contribution >= 4 is 29.5 Å². The van der Waals surface area contributed by atoms with E-state index in [1.54, 1.807) is 42.5 Å². The zero-order chi connectivity index (χ0) is 49.2. The number of hydrogen-bond acceptors (Lipinski definition) is 11. The molecule has 3 atom stereocenters. The Morgan fingerprint density at radius 1 is 0.851 bits per heavy atom. The van der Waals surface area contributed by atoms with Crippen molar-refractivity contribution in [3.8, 4) is 39.8 Å². The number of likely N-dealkylation sites (N-methyl/N-ethyl adjacent to an activating group) is 1. The molecule has 0 saturated carbocycles. The number of hydrogen-bond donors (Lipinski definition) is 7. The Bertz CT molecular complexity index is 2390. The Morgan fingerprint density at radius 3 is 2.06 bits per heavy atom. The van der Waals surface area contributed by atoms with Crippen LogP contribution in [0.25, 0.3) is 22.3 Å². The largest absolute Gasteiger partial charge is 0.492 e. The molecule has 5 amide bonds. The smallest absolute Gasteiger partial charge is 0.264 e. The molecule has 1 aliphatic rings. The molecule has 4 aromatic carbocycles. The van der Waals surface area contributed by atoms with Crippen LogP contribution < -0.4 is 47.9 Å². The van der Waals surface area contributed by atoms with Gasteiger partial charge in [0.2, 0.25) is 23.6 Å². The molecule has 1 aliphatic heterocycles. The Kier molecular flexibility index (Phi) is 20.2. The third-order valence-corrected chi connectivity index (χ3v) is 10.5. The maximum absolute atomic E-state index is 14.5. The lowest BCUT2D eigenvalue weighted by atomic mass is 9.93. The summed E-state index contributed by atoms with van der Waals surface area (Å²) in [5.74, 6) is -2.76. The van der Waals surface area contributed by atoms with Gasteiger partial charge in [-0.25, -0.2) is 8.78 Å². The number of rotatable bonds is 16. The first-order chi connectivity index (χ1) is 32.1. The minimum absolute atomic E-state index is 0.0204. The van der Waals surface area contributed by atoms with Gasteiger partial charge in [0.1, 0.15) is 49.4 Å². The summed E-state index contributed by atoms with van der Waals surface area (Å²) in [5.41, 5.74) is 19.6. The van der Waals surface area contributed by atoms with E-state index in [0.29, 0.717) is 45.2 Å². The molecule has 0 radical (unpaired) electrons. The molecule has 16 nitrogen and oxygen atoms in total. The summed E-state index contributed by atoms with van der Waals surface area (Å²) in [6.07, 6.45) is -2.17. The first kappa shape index (κ1) is 52.7. The minimum atomic E-state index is -3.01. The number of nitrogens with zero attached hydrogens (tertiary/aromatic N) is 2. The van der Waals surface area contributed by atoms with Crippen molar-refractivity contribution < 1.29 is 42.2 Å². The van der Waals surface area contributed by atoms with Gasteiger partial charge in [-0.1, -0.05) is 63.2 Å². The van der Waals surface area contributed by atoms with Crippen LogP contribution >= 0.6 is 0 Å². The van der Waals surface area contributed by atoms with E-state index < -0.39 is 66.2 Å². The van der Waals surface area contributed by atoms with E-state index in [4.69, 9.17) is 31.9 Å². The van der Waals surface area contributed by atoms with E-state index >= 15 is 0 Å². The van der Waals surface area contributed by atoms with Crippen molar-refractivity contribution in [1.29, 1.82) is 5.26 Å². The molecule has 67 heavy (non-hydrogen) atoms. The number of carbonyl (C=O) groups excluding carboxylic acids is 5. The Morgan fingerprint density at radius 2 is 1.46 bits per heavy atom. The molecular weight excluding hydrogens is 865 g/mol. The highest BCUT2D eigenvalue weighted by Gasteiger charge is 2.34. The van der Waals surface area contributed by atoms with Crippen LogP contribution in [0.3, 0.4) is 0 Å². The number of ether oxygens (including phenoxy) is 2. The summed E-state index contributed by atoms with van der Waals surface area (Å²) >= 11 is 0. The van der Waals surface area contributed by atoms with Gasteiger partial charge in [0.25, 0.3) is 12.3 Å². The average Bonchev–Trinajstić information content (AvgIpc) is 3.30. The van der Waals surface area contributed by atoms with Gasteiger partial charge in [0.15, 0.2) is 0 Å². The molecule has 358 valence electrons. The summed E-state index contributed by atoms with van der Waals surface area (Å²) in [5, 5.41) is 19.3. The summed E-state index contributed by atoms with van der Waals surface area (Å²) in [6.45, 7) is 7.82. The van der Waals surface area contributed by atoms with Gasteiger partial charge >= 0.3 is 0 Å². The molecule has 0 saturated heterocycles. The molecule has 4 aromatic rings. The van der Waals surface area contributed by atoms with Gasteiger partial charge in [-0.2, -0.15) is 5.26 Å². The molecule has 10 N–H and O–H groups in total. The zero-order valence-corrected chi connectivity index (χ0v) is 38.5. The fourth-order valence-corrected chi connectivity index (χ4v) is 7.29. The number of carbonyl (C=O) groups is 5. The number of alkyl halides is 2.